The molecule has 2 aliphatic rings. The number of benzene rings is 1. The number of anilines is 3. The number of carbonyl (C=O) groups excluding carboxylic acids is 1. The summed E-state index contributed by atoms with van der Waals surface area (Å²) in [4.78, 5) is 25.2. The van der Waals surface area contributed by atoms with Crippen LogP contribution in [0.15, 0.2) is 18.3 Å². The Kier molecular flexibility index (Phi) is 6.63. The fourth-order valence-corrected chi connectivity index (χ4v) is 5.60. The summed E-state index contributed by atoms with van der Waals surface area (Å²) in [5.74, 6) is -3.22. The van der Waals surface area contributed by atoms with Gasteiger partial charge in [0.25, 0.3) is 0 Å². The highest BCUT2D eigenvalue weighted by Crippen LogP contribution is 2.40. The first-order valence-corrected chi connectivity index (χ1v) is 12.5. The van der Waals surface area contributed by atoms with E-state index < -0.39 is 17.8 Å². The number of rotatable bonds is 6. The molecule has 1 aromatic carbocycles. The van der Waals surface area contributed by atoms with Gasteiger partial charge in [0.05, 0.1) is 21.9 Å². The molecule has 0 bridgehead atoms. The van der Waals surface area contributed by atoms with Crippen LogP contribution in [0.3, 0.4) is 0 Å². The van der Waals surface area contributed by atoms with E-state index in [0.29, 0.717) is 49.2 Å². The number of alkyl halides is 2. The number of halogens is 5. The maximum absolute atomic E-state index is 13.7. The molecule has 0 saturated heterocycles. The van der Waals surface area contributed by atoms with Gasteiger partial charge in [0.15, 0.2) is 5.65 Å². The van der Waals surface area contributed by atoms with Gasteiger partial charge in [-0.2, -0.15) is 4.98 Å². The number of carbonyl (C=O) groups is 1. The van der Waals surface area contributed by atoms with E-state index in [-0.39, 0.29) is 52.4 Å². The Bertz CT molecular complexity index is 1290. The lowest BCUT2D eigenvalue weighted by atomic mass is 9.85. The Hall–Kier alpha value is -2.79. The van der Waals surface area contributed by atoms with E-state index in [0.717, 1.165) is 12.1 Å². The molecule has 3 aromatic rings. The molecule has 192 valence electrons. The van der Waals surface area contributed by atoms with Crippen LogP contribution in [0.2, 0.25) is 10.0 Å². The number of hydrogen-bond acceptors (Lipinski definition) is 6. The molecule has 0 spiro atoms. The van der Waals surface area contributed by atoms with Crippen LogP contribution in [-0.4, -0.2) is 37.4 Å². The molecule has 4 N–H and O–H groups in total. The van der Waals surface area contributed by atoms with Gasteiger partial charge in [-0.1, -0.05) is 23.2 Å². The predicted octanol–water partition coefficient (Wildman–Crippen LogP) is 5.83. The van der Waals surface area contributed by atoms with Gasteiger partial charge in [0.2, 0.25) is 23.7 Å². The average Bonchev–Trinajstić information content (AvgIpc) is 3.34. The molecule has 8 nitrogen and oxygen atoms in total. The van der Waals surface area contributed by atoms with Crippen molar-refractivity contribution in [2.75, 3.05) is 10.6 Å². The van der Waals surface area contributed by atoms with Crippen LogP contribution in [0.25, 0.3) is 11.2 Å². The number of aromatic nitrogens is 4. The van der Waals surface area contributed by atoms with E-state index in [4.69, 9.17) is 28.9 Å². The minimum absolute atomic E-state index is 0.0756. The molecule has 1 amide bonds. The lowest BCUT2D eigenvalue weighted by Crippen LogP contribution is -2.29. The minimum atomic E-state index is -2.70. The van der Waals surface area contributed by atoms with Gasteiger partial charge in [-0.25, -0.2) is 23.1 Å². The van der Waals surface area contributed by atoms with Crippen LogP contribution in [0.1, 0.15) is 51.0 Å². The topological polar surface area (TPSA) is 111 Å². The number of nitrogens with zero attached hydrogens (tertiary/aromatic N) is 4. The molecule has 0 radical (unpaired) electrons. The lowest BCUT2D eigenvalue weighted by Gasteiger charge is -2.29. The van der Waals surface area contributed by atoms with E-state index in [9.17, 15) is 18.0 Å². The molecule has 2 aliphatic carbocycles. The van der Waals surface area contributed by atoms with E-state index in [1.165, 1.54) is 6.20 Å². The van der Waals surface area contributed by atoms with Crippen molar-refractivity contribution in [3.8, 4) is 0 Å². The highest BCUT2D eigenvalue weighted by Gasteiger charge is 2.39. The summed E-state index contributed by atoms with van der Waals surface area (Å²) >= 11 is 12.5. The number of fused-ring (bicyclic) bond motifs is 1. The summed E-state index contributed by atoms with van der Waals surface area (Å²) in [5, 5.41) is 6.27. The first-order valence-electron chi connectivity index (χ1n) is 11.7. The monoisotopic (exact) mass is 541 g/mol. The first kappa shape index (κ1) is 24.9. The molecule has 2 saturated carbocycles. The van der Waals surface area contributed by atoms with Crippen molar-refractivity contribution < 1.29 is 18.0 Å². The molecule has 2 fully saturated rings. The Morgan fingerprint density at radius 3 is 2.42 bits per heavy atom. The van der Waals surface area contributed by atoms with Gasteiger partial charge in [-0.05, 0) is 44.2 Å². The summed E-state index contributed by atoms with van der Waals surface area (Å²) in [6.07, 6.45) is 3.86. The second-order valence-electron chi connectivity index (χ2n) is 9.43. The Morgan fingerprint density at radius 1 is 1.11 bits per heavy atom. The molecule has 36 heavy (non-hydrogen) atoms. The molecule has 2 aromatic heterocycles. The fraction of sp³-hybridized carbons (Fsp3) is 0.478. The van der Waals surface area contributed by atoms with Gasteiger partial charge in [0.1, 0.15) is 11.3 Å². The van der Waals surface area contributed by atoms with Crippen LogP contribution in [0.5, 0.6) is 0 Å². The van der Waals surface area contributed by atoms with Crippen molar-refractivity contribution in [2.45, 2.75) is 63.0 Å². The molecule has 13 heteroatoms. The summed E-state index contributed by atoms with van der Waals surface area (Å²) < 4.78 is 42.9. The zero-order valence-electron chi connectivity index (χ0n) is 19.1. The smallest absolute Gasteiger partial charge is 0.250 e. The zero-order chi connectivity index (χ0) is 25.6. The third kappa shape index (κ3) is 5.04. The second-order valence-corrected chi connectivity index (χ2v) is 10.2. The number of amides is 1. The number of primary amides is 1. The Balaban J connectivity index is 1.52. The summed E-state index contributed by atoms with van der Waals surface area (Å²) in [5.41, 5.74) is 6.73. The van der Waals surface area contributed by atoms with Crippen molar-refractivity contribution in [3.05, 3.63) is 34.2 Å². The molecular formula is C23H24Cl2F3N7O. The largest absolute Gasteiger partial charge is 0.369 e. The molecular weight excluding hydrogens is 518 g/mol. The maximum atomic E-state index is 13.7. The zero-order valence-corrected chi connectivity index (χ0v) is 20.6. The fourth-order valence-electron chi connectivity index (χ4n) is 5.04. The van der Waals surface area contributed by atoms with E-state index in [1.807, 2.05) is 4.57 Å². The third-order valence-electron chi connectivity index (χ3n) is 6.88. The number of imidazole rings is 1. The van der Waals surface area contributed by atoms with E-state index >= 15 is 0 Å². The van der Waals surface area contributed by atoms with Gasteiger partial charge >= 0.3 is 0 Å². The minimum Gasteiger partial charge on any atom is -0.369 e. The molecule has 5 rings (SSSR count). The molecule has 0 aliphatic heterocycles. The van der Waals surface area contributed by atoms with Crippen LogP contribution < -0.4 is 16.4 Å². The quantitative estimate of drug-likeness (QED) is 0.362. The highest BCUT2D eigenvalue weighted by molar-refractivity contribution is 6.39. The third-order valence-corrected chi connectivity index (χ3v) is 7.47. The summed E-state index contributed by atoms with van der Waals surface area (Å²) in [6.45, 7) is 0. The Labute approximate surface area is 214 Å². The highest BCUT2D eigenvalue weighted by atomic mass is 35.5. The normalized spacial score (nSPS) is 23.6. The van der Waals surface area contributed by atoms with Crippen molar-refractivity contribution in [2.24, 2.45) is 11.7 Å². The van der Waals surface area contributed by atoms with Crippen molar-refractivity contribution >= 4 is 57.9 Å². The SMILES string of the molecule is NC(=O)[C@H]1CC[C@H](n2c(Nc3c(Cl)cc(F)cc3Cl)nc3cnc(N[C@H]4CCC(F)(F)C4)nc32)CC1. The number of nitrogens with two attached hydrogens (primary N) is 1. The van der Waals surface area contributed by atoms with Crippen molar-refractivity contribution in [1.29, 1.82) is 0 Å². The van der Waals surface area contributed by atoms with Crippen LogP contribution in [0.4, 0.5) is 30.8 Å². The van der Waals surface area contributed by atoms with Crippen molar-refractivity contribution in [3.63, 3.8) is 0 Å². The van der Waals surface area contributed by atoms with Gasteiger partial charge < -0.3 is 16.4 Å². The average molecular weight is 542 g/mol. The van der Waals surface area contributed by atoms with Gasteiger partial charge in [-0.15, -0.1) is 0 Å². The molecule has 1 atom stereocenters. The summed E-state index contributed by atoms with van der Waals surface area (Å²) in [7, 11) is 0. The number of nitrogens with one attached hydrogen (secondary N) is 2. The Morgan fingerprint density at radius 2 is 1.81 bits per heavy atom. The van der Waals surface area contributed by atoms with Crippen LogP contribution in [-0.2, 0) is 4.79 Å². The predicted molar refractivity (Wildman–Crippen MR) is 131 cm³/mol. The van der Waals surface area contributed by atoms with E-state index in [2.05, 4.69) is 25.6 Å². The lowest BCUT2D eigenvalue weighted by molar-refractivity contribution is -0.122. The van der Waals surface area contributed by atoms with Crippen LogP contribution in [0, 0.1) is 11.7 Å². The van der Waals surface area contributed by atoms with Crippen LogP contribution >= 0.6 is 23.2 Å². The van der Waals surface area contributed by atoms with Gasteiger partial charge in [-0.3, -0.25) is 9.36 Å². The molecule has 0 unspecified atom stereocenters. The van der Waals surface area contributed by atoms with E-state index in [1.54, 1.807) is 0 Å². The number of hydrogen-bond donors (Lipinski definition) is 3. The maximum Gasteiger partial charge on any atom is 0.250 e. The summed E-state index contributed by atoms with van der Waals surface area (Å²) in [6, 6.07) is 1.75. The van der Waals surface area contributed by atoms with Gasteiger partial charge in [0, 0.05) is 30.8 Å². The first-order chi connectivity index (χ1) is 17.1. The standard InChI is InChI=1S/C23H24Cl2F3N7O/c24-15-7-12(26)8-16(25)18(15)33-22-32-17-10-30-21(31-13-5-6-23(27,28)9-13)34-20(17)35(22)14-3-1-11(2-4-14)19(29)36/h7-8,10-11,13-14H,1-6,9H2,(H2,29,36)(H,32,33)(H,30,31,34)/t11-,13-,14-/m0/s1. The second kappa shape index (κ2) is 9.59. The van der Waals surface area contributed by atoms with Crippen molar-refractivity contribution in [1.82, 2.24) is 19.5 Å². The molecule has 2 heterocycles.